The van der Waals surface area contributed by atoms with Gasteiger partial charge in [-0.05, 0) is 0 Å². The second kappa shape index (κ2) is 5.21. The second-order valence-electron chi connectivity index (χ2n) is 3.75. The van der Waals surface area contributed by atoms with Crippen LogP contribution in [0.3, 0.4) is 0 Å². The van der Waals surface area contributed by atoms with Gasteiger partial charge in [-0.1, -0.05) is 30.3 Å². The van der Waals surface area contributed by atoms with E-state index < -0.39 is 5.97 Å². The van der Waals surface area contributed by atoms with Crippen LogP contribution in [-0.2, 0) is 17.8 Å². The summed E-state index contributed by atoms with van der Waals surface area (Å²) < 4.78 is 1.90. The van der Waals surface area contributed by atoms with Crippen molar-refractivity contribution in [3.05, 3.63) is 60.2 Å². The van der Waals surface area contributed by atoms with Crippen molar-refractivity contribution in [2.45, 2.75) is 13.0 Å². The molecule has 0 radical (unpaired) electrons. The van der Waals surface area contributed by atoms with E-state index in [0.29, 0.717) is 12.2 Å². The highest BCUT2D eigenvalue weighted by atomic mass is 16.4. The summed E-state index contributed by atoms with van der Waals surface area (Å²) in [5.74, 6) is -0.847. The first kappa shape index (κ1) is 11.3. The summed E-state index contributed by atoms with van der Waals surface area (Å²) in [6, 6.07) is 9.91. The first-order valence-electron chi connectivity index (χ1n) is 5.34. The number of nitrogens with zero attached hydrogens (tertiary/aromatic N) is 2. The zero-order valence-electron chi connectivity index (χ0n) is 9.28. The van der Waals surface area contributed by atoms with Crippen molar-refractivity contribution in [2.75, 3.05) is 0 Å². The van der Waals surface area contributed by atoms with Crippen LogP contribution in [0.2, 0.25) is 0 Å². The third kappa shape index (κ3) is 3.11. The first-order chi connectivity index (χ1) is 8.25. The monoisotopic (exact) mass is 229 g/mol. The minimum absolute atomic E-state index is 0.0132. The lowest BCUT2D eigenvalue weighted by molar-refractivity contribution is -0.695. The number of rotatable bonds is 4. The number of aliphatic carboxylic acids is 1. The highest BCUT2D eigenvalue weighted by molar-refractivity contribution is 5.68. The van der Waals surface area contributed by atoms with Gasteiger partial charge in [0.1, 0.15) is 6.42 Å². The van der Waals surface area contributed by atoms with Gasteiger partial charge in [-0.2, -0.15) is 4.57 Å². The highest BCUT2D eigenvalue weighted by Crippen LogP contribution is 1.99. The molecular weight excluding hydrogens is 216 g/mol. The average Bonchev–Trinajstić information content (AvgIpc) is 2.32. The molecule has 0 bridgehead atoms. The van der Waals surface area contributed by atoms with E-state index in [4.69, 9.17) is 5.11 Å². The third-order valence-corrected chi connectivity index (χ3v) is 2.45. The van der Waals surface area contributed by atoms with Gasteiger partial charge in [0.2, 0.25) is 5.69 Å². The molecule has 1 N–H and O–H groups in total. The number of carboxylic acid groups (broad SMARTS) is 1. The van der Waals surface area contributed by atoms with E-state index in [1.807, 2.05) is 34.9 Å². The molecule has 4 heteroatoms. The number of carboxylic acids is 1. The van der Waals surface area contributed by atoms with Crippen LogP contribution < -0.4 is 4.57 Å². The number of hydrogen-bond donors (Lipinski definition) is 1. The van der Waals surface area contributed by atoms with Crippen LogP contribution in [0, 0.1) is 0 Å². The quantitative estimate of drug-likeness (QED) is 0.797. The molecule has 0 saturated heterocycles. The Morgan fingerprint density at radius 3 is 2.76 bits per heavy atom. The minimum atomic E-state index is -0.847. The lowest BCUT2D eigenvalue weighted by Gasteiger charge is -2.01. The molecule has 86 valence electrons. The van der Waals surface area contributed by atoms with Crippen LogP contribution in [0.4, 0.5) is 0 Å². The summed E-state index contributed by atoms with van der Waals surface area (Å²) in [6.45, 7) is 0.659. The molecule has 0 fully saturated rings. The largest absolute Gasteiger partial charge is 0.481 e. The van der Waals surface area contributed by atoms with Crippen LogP contribution in [0.25, 0.3) is 0 Å². The van der Waals surface area contributed by atoms with Gasteiger partial charge in [0.05, 0.1) is 12.4 Å². The molecule has 0 amide bonds. The number of hydrogen-bond acceptors (Lipinski definition) is 2. The minimum Gasteiger partial charge on any atom is -0.481 e. The Bertz CT molecular complexity index is 512. The maximum absolute atomic E-state index is 10.7. The van der Waals surface area contributed by atoms with Gasteiger partial charge in [-0.15, -0.1) is 0 Å². The first-order valence-corrected chi connectivity index (χ1v) is 5.34. The predicted molar refractivity (Wildman–Crippen MR) is 61.3 cm³/mol. The Kier molecular flexibility index (Phi) is 3.45. The van der Waals surface area contributed by atoms with E-state index >= 15 is 0 Å². The van der Waals surface area contributed by atoms with Gasteiger partial charge < -0.3 is 5.11 Å². The lowest BCUT2D eigenvalue weighted by atomic mass is 10.2. The normalized spacial score (nSPS) is 10.1. The molecule has 0 aliphatic heterocycles. The number of aromatic nitrogens is 2. The molecule has 0 aliphatic carbocycles. The molecule has 2 rings (SSSR count). The van der Waals surface area contributed by atoms with Crippen LogP contribution in [-0.4, -0.2) is 16.1 Å². The Balaban J connectivity index is 2.23. The topological polar surface area (TPSA) is 54.1 Å². The SMILES string of the molecule is O=C(O)Cc1cncc[n+]1Cc1ccccc1. The molecule has 2 aromatic rings. The Morgan fingerprint density at radius 2 is 2.06 bits per heavy atom. The summed E-state index contributed by atoms with van der Waals surface area (Å²) in [5, 5.41) is 8.82. The molecule has 17 heavy (non-hydrogen) atoms. The van der Waals surface area contributed by atoms with E-state index in [0.717, 1.165) is 5.56 Å². The van der Waals surface area contributed by atoms with Crippen molar-refractivity contribution in [3.8, 4) is 0 Å². The van der Waals surface area contributed by atoms with Crippen molar-refractivity contribution in [1.29, 1.82) is 0 Å². The molecule has 0 unspecified atom stereocenters. The summed E-state index contributed by atoms with van der Waals surface area (Å²) in [7, 11) is 0. The van der Waals surface area contributed by atoms with Gasteiger partial charge in [0.25, 0.3) is 0 Å². The zero-order chi connectivity index (χ0) is 12.1. The molecule has 0 spiro atoms. The average molecular weight is 229 g/mol. The zero-order valence-corrected chi connectivity index (χ0v) is 9.28. The van der Waals surface area contributed by atoms with Gasteiger partial charge in [-0.3, -0.25) is 9.78 Å². The van der Waals surface area contributed by atoms with E-state index in [2.05, 4.69) is 4.98 Å². The summed E-state index contributed by atoms with van der Waals surface area (Å²) >= 11 is 0. The fraction of sp³-hybridized carbons (Fsp3) is 0.154. The van der Waals surface area contributed by atoms with Gasteiger partial charge in [0.15, 0.2) is 12.7 Å². The van der Waals surface area contributed by atoms with E-state index in [1.54, 1.807) is 18.6 Å². The lowest BCUT2D eigenvalue weighted by Crippen LogP contribution is -2.39. The fourth-order valence-corrected chi connectivity index (χ4v) is 1.65. The predicted octanol–water partition coefficient (Wildman–Crippen LogP) is 1.04. The van der Waals surface area contributed by atoms with Crippen molar-refractivity contribution < 1.29 is 14.5 Å². The Labute approximate surface area is 99.2 Å². The molecule has 1 heterocycles. The third-order valence-electron chi connectivity index (χ3n) is 2.45. The van der Waals surface area contributed by atoms with Crippen LogP contribution in [0.15, 0.2) is 48.9 Å². The Hall–Kier alpha value is -2.23. The molecule has 0 aliphatic rings. The van der Waals surface area contributed by atoms with Gasteiger partial charge >= 0.3 is 5.97 Å². The van der Waals surface area contributed by atoms with Crippen LogP contribution in [0.5, 0.6) is 0 Å². The summed E-state index contributed by atoms with van der Waals surface area (Å²) in [6.07, 6.45) is 5.04. The van der Waals surface area contributed by atoms with E-state index in [9.17, 15) is 4.79 Å². The van der Waals surface area contributed by atoms with Crippen molar-refractivity contribution in [1.82, 2.24) is 4.98 Å². The Morgan fingerprint density at radius 1 is 1.29 bits per heavy atom. The molecule has 0 saturated carbocycles. The maximum Gasteiger partial charge on any atom is 0.314 e. The van der Waals surface area contributed by atoms with E-state index in [1.165, 1.54) is 0 Å². The molecule has 1 aromatic carbocycles. The van der Waals surface area contributed by atoms with Crippen molar-refractivity contribution in [3.63, 3.8) is 0 Å². The highest BCUT2D eigenvalue weighted by Gasteiger charge is 2.14. The molecule has 4 nitrogen and oxygen atoms in total. The smallest absolute Gasteiger partial charge is 0.314 e. The summed E-state index contributed by atoms with van der Waals surface area (Å²) in [5.41, 5.74) is 1.83. The van der Waals surface area contributed by atoms with Crippen molar-refractivity contribution >= 4 is 5.97 Å². The van der Waals surface area contributed by atoms with Crippen LogP contribution >= 0.6 is 0 Å². The fourth-order valence-electron chi connectivity index (χ4n) is 1.65. The second-order valence-corrected chi connectivity index (χ2v) is 3.75. The molecule has 0 atom stereocenters. The van der Waals surface area contributed by atoms with Gasteiger partial charge in [-0.25, -0.2) is 0 Å². The number of carbonyl (C=O) groups is 1. The van der Waals surface area contributed by atoms with E-state index in [-0.39, 0.29) is 6.42 Å². The van der Waals surface area contributed by atoms with Gasteiger partial charge in [0, 0.05) is 5.56 Å². The van der Waals surface area contributed by atoms with Crippen molar-refractivity contribution in [2.24, 2.45) is 0 Å². The van der Waals surface area contributed by atoms with Crippen LogP contribution in [0.1, 0.15) is 11.3 Å². The maximum atomic E-state index is 10.7. The number of benzene rings is 1. The molecular formula is C13H13N2O2+. The summed E-state index contributed by atoms with van der Waals surface area (Å²) in [4.78, 5) is 14.7. The standard InChI is InChI=1S/C13H12N2O2/c16-13(17)8-12-9-14-6-7-15(12)10-11-4-2-1-3-5-11/h1-7,9H,8,10H2/p+1. The molecule has 1 aromatic heterocycles.